The summed E-state index contributed by atoms with van der Waals surface area (Å²) in [5, 5.41) is 17.8. The lowest BCUT2D eigenvalue weighted by Gasteiger charge is -2.14. The molecule has 0 fully saturated rings. The van der Waals surface area contributed by atoms with Crippen molar-refractivity contribution in [3.8, 4) is 6.07 Å². The Labute approximate surface area is 77.4 Å². The summed E-state index contributed by atoms with van der Waals surface area (Å²) in [6.07, 6.45) is -0.576. The zero-order valence-electron chi connectivity index (χ0n) is 7.44. The van der Waals surface area contributed by atoms with Gasteiger partial charge in [0, 0.05) is 0 Å². The van der Waals surface area contributed by atoms with Crippen LogP contribution in [0.5, 0.6) is 0 Å². The third-order valence-electron chi connectivity index (χ3n) is 1.94. The highest BCUT2D eigenvalue weighted by atomic mass is 16.3. The van der Waals surface area contributed by atoms with Crippen molar-refractivity contribution in [3.63, 3.8) is 0 Å². The molecule has 3 N–H and O–H groups in total. The first kappa shape index (κ1) is 9.72. The van der Waals surface area contributed by atoms with E-state index < -0.39 is 6.10 Å². The molecule has 0 unspecified atom stereocenters. The molecule has 0 saturated carbocycles. The number of aliphatic hydroxyl groups excluding tert-OH is 1. The van der Waals surface area contributed by atoms with E-state index in [2.05, 4.69) is 0 Å². The van der Waals surface area contributed by atoms with Crippen molar-refractivity contribution in [2.75, 3.05) is 0 Å². The highest BCUT2D eigenvalue weighted by Gasteiger charge is 2.10. The van der Waals surface area contributed by atoms with E-state index in [1.807, 2.05) is 6.07 Å². The van der Waals surface area contributed by atoms with Crippen molar-refractivity contribution in [2.45, 2.75) is 19.1 Å². The summed E-state index contributed by atoms with van der Waals surface area (Å²) >= 11 is 0. The lowest BCUT2D eigenvalue weighted by molar-refractivity contribution is 0.164. The lowest BCUT2D eigenvalue weighted by atomic mass is 10.0. The van der Waals surface area contributed by atoms with Gasteiger partial charge in [0.2, 0.25) is 0 Å². The van der Waals surface area contributed by atoms with E-state index >= 15 is 0 Å². The predicted octanol–water partition coefficient (Wildman–Crippen LogP) is 0.939. The largest absolute Gasteiger partial charge is 0.391 e. The molecule has 1 aromatic carbocycles. The maximum Gasteiger partial charge on any atom is 0.0991 e. The van der Waals surface area contributed by atoms with Crippen LogP contribution in [0.1, 0.15) is 24.1 Å². The fourth-order valence-electron chi connectivity index (χ4n) is 1.06. The Balaban J connectivity index is 2.87. The molecule has 0 saturated heterocycles. The Morgan fingerprint density at radius 2 is 1.92 bits per heavy atom. The number of rotatable bonds is 2. The Kier molecular flexibility index (Phi) is 3.02. The summed E-state index contributed by atoms with van der Waals surface area (Å²) in [6, 6.07) is 8.54. The van der Waals surface area contributed by atoms with Gasteiger partial charge in [0.15, 0.2) is 0 Å². The minimum atomic E-state index is -0.576. The van der Waals surface area contributed by atoms with Crippen molar-refractivity contribution >= 4 is 0 Å². The Hall–Kier alpha value is -1.37. The molecular weight excluding hydrogens is 164 g/mol. The van der Waals surface area contributed by atoms with Crippen molar-refractivity contribution in [1.29, 1.82) is 5.26 Å². The molecule has 68 valence electrons. The molecule has 0 radical (unpaired) electrons. The van der Waals surface area contributed by atoms with E-state index in [1.54, 1.807) is 31.2 Å². The highest BCUT2D eigenvalue weighted by Crippen LogP contribution is 2.14. The molecule has 0 aromatic heterocycles. The first-order valence-corrected chi connectivity index (χ1v) is 4.09. The fraction of sp³-hybridized carbons (Fsp3) is 0.300. The van der Waals surface area contributed by atoms with Crippen molar-refractivity contribution < 1.29 is 5.11 Å². The van der Waals surface area contributed by atoms with Crippen LogP contribution in [0.2, 0.25) is 0 Å². The third kappa shape index (κ3) is 2.28. The molecule has 0 amide bonds. The average molecular weight is 176 g/mol. The Morgan fingerprint density at radius 3 is 2.31 bits per heavy atom. The van der Waals surface area contributed by atoms with E-state index in [0.717, 1.165) is 5.56 Å². The molecule has 13 heavy (non-hydrogen) atoms. The monoisotopic (exact) mass is 176 g/mol. The van der Waals surface area contributed by atoms with Crippen LogP contribution >= 0.6 is 0 Å². The number of hydrogen-bond acceptors (Lipinski definition) is 3. The summed E-state index contributed by atoms with van der Waals surface area (Å²) in [5.74, 6) is 0. The van der Waals surface area contributed by atoms with E-state index in [9.17, 15) is 5.11 Å². The van der Waals surface area contributed by atoms with E-state index in [0.29, 0.717) is 5.56 Å². The first-order valence-electron chi connectivity index (χ1n) is 4.09. The molecule has 0 spiro atoms. The van der Waals surface area contributed by atoms with Crippen LogP contribution in [-0.2, 0) is 0 Å². The number of aliphatic hydroxyl groups is 1. The van der Waals surface area contributed by atoms with Gasteiger partial charge in [-0.15, -0.1) is 0 Å². The molecule has 0 aliphatic heterocycles. The molecule has 1 aromatic rings. The molecule has 0 aliphatic rings. The van der Waals surface area contributed by atoms with Crippen LogP contribution in [0.4, 0.5) is 0 Å². The first-order chi connectivity index (χ1) is 6.15. The molecule has 0 heterocycles. The molecule has 2 atom stereocenters. The zero-order chi connectivity index (χ0) is 9.84. The average Bonchev–Trinajstić information content (AvgIpc) is 2.17. The molecule has 0 aliphatic carbocycles. The third-order valence-corrected chi connectivity index (χ3v) is 1.94. The summed E-state index contributed by atoms with van der Waals surface area (Å²) in [6.45, 7) is 1.64. The van der Waals surface area contributed by atoms with E-state index in [-0.39, 0.29) is 6.04 Å². The van der Waals surface area contributed by atoms with E-state index in [4.69, 9.17) is 11.0 Å². The Bertz CT molecular complexity index is 311. The van der Waals surface area contributed by atoms with Crippen molar-refractivity contribution in [1.82, 2.24) is 0 Å². The molecule has 3 heteroatoms. The number of nitriles is 1. The Morgan fingerprint density at radius 1 is 1.38 bits per heavy atom. The van der Waals surface area contributed by atoms with Crippen LogP contribution in [-0.4, -0.2) is 11.2 Å². The molecule has 0 bridgehead atoms. The van der Waals surface area contributed by atoms with Crippen molar-refractivity contribution in [3.05, 3.63) is 35.4 Å². The predicted molar refractivity (Wildman–Crippen MR) is 49.8 cm³/mol. The summed E-state index contributed by atoms with van der Waals surface area (Å²) in [5.41, 5.74) is 7.14. The van der Waals surface area contributed by atoms with Gasteiger partial charge in [-0.25, -0.2) is 0 Å². The van der Waals surface area contributed by atoms with Gasteiger partial charge >= 0.3 is 0 Å². The van der Waals surface area contributed by atoms with Crippen LogP contribution in [0, 0.1) is 11.3 Å². The van der Waals surface area contributed by atoms with Gasteiger partial charge in [-0.1, -0.05) is 12.1 Å². The van der Waals surface area contributed by atoms with Gasteiger partial charge < -0.3 is 10.8 Å². The van der Waals surface area contributed by atoms with Crippen molar-refractivity contribution in [2.24, 2.45) is 5.73 Å². The standard InChI is InChI=1S/C10H12N2O/c1-7(13)10(12)9-4-2-8(6-11)3-5-9/h2-5,7,10,13H,12H2,1H3/t7-,10-/m0/s1. The second-order valence-corrected chi connectivity index (χ2v) is 3.00. The minimum Gasteiger partial charge on any atom is -0.391 e. The summed E-state index contributed by atoms with van der Waals surface area (Å²) < 4.78 is 0. The maximum atomic E-state index is 9.21. The molecule has 1 rings (SSSR count). The van der Waals surface area contributed by atoms with Gasteiger partial charge in [0.1, 0.15) is 0 Å². The SMILES string of the molecule is C[C@H](O)[C@H](N)c1ccc(C#N)cc1. The smallest absolute Gasteiger partial charge is 0.0991 e. The van der Waals surface area contributed by atoms with Crippen LogP contribution in [0.15, 0.2) is 24.3 Å². The fourth-order valence-corrected chi connectivity index (χ4v) is 1.06. The van der Waals surface area contributed by atoms with Gasteiger partial charge in [-0.2, -0.15) is 5.26 Å². The molecule has 3 nitrogen and oxygen atoms in total. The quantitative estimate of drug-likeness (QED) is 0.704. The highest BCUT2D eigenvalue weighted by molar-refractivity contribution is 5.32. The van der Waals surface area contributed by atoms with Crippen LogP contribution in [0.3, 0.4) is 0 Å². The maximum absolute atomic E-state index is 9.21. The zero-order valence-corrected chi connectivity index (χ0v) is 7.44. The number of nitrogens with zero attached hydrogens (tertiary/aromatic N) is 1. The van der Waals surface area contributed by atoms with Gasteiger partial charge in [0.25, 0.3) is 0 Å². The molecular formula is C10H12N2O. The number of benzene rings is 1. The normalized spacial score (nSPS) is 14.6. The van der Waals surface area contributed by atoms with Crippen LogP contribution in [0.25, 0.3) is 0 Å². The van der Waals surface area contributed by atoms with E-state index in [1.165, 1.54) is 0 Å². The van der Waals surface area contributed by atoms with Gasteiger partial charge in [-0.05, 0) is 24.6 Å². The van der Waals surface area contributed by atoms with Crippen LogP contribution < -0.4 is 5.73 Å². The minimum absolute atomic E-state index is 0.382. The topological polar surface area (TPSA) is 70.0 Å². The second-order valence-electron chi connectivity index (χ2n) is 3.00. The summed E-state index contributed by atoms with van der Waals surface area (Å²) in [4.78, 5) is 0. The number of hydrogen-bond donors (Lipinski definition) is 2. The lowest BCUT2D eigenvalue weighted by Crippen LogP contribution is -2.22. The number of nitrogens with two attached hydrogens (primary N) is 1. The van der Waals surface area contributed by atoms with Gasteiger partial charge in [-0.3, -0.25) is 0 Å². The van der Waals surface area contributed by atoms with Gasteiger partial charge in [0.05, 0.1) is 23.8 Å². The second kappa shape index (κ2) is 4.04. The summed E-state index contributed by atoms with van der Waals surface area (Å²) in [7, 11) is 0.